The van der Waals surface area contributed by atoms with Crippen LogP contribution in [0, 0.1) is 0 Å². The monoisotopic (exact) mass is 383 g/mol. The zero-order valence-electron chi connectivity index (χ0n) is 12.0. The van der Waals surface area contributed by atoms with E-state index in [0.29, 0.717) is 10.6 Å². The van der Waals surface area contributed by atoms with Crippen LogP contribution < -0.4 is 10.2 Å². The lowest BCUT2D eigenvalue weighted by atomic mass is 10.2. The summed E-state index contributed by atoms with van der Waals surface area (Å²) in [7, 11) is 0. The maximum absolute atomic E-state index is 12.5. The third kappa shape index (κ3) is 4.90. The highest BCUT2D eigenvalue weighted by Gasteiger charge is 2.42. The van der Waals surface area contributed by atoms with E-state index in [1.807, 2.05) is 0 Å². The molecule has 1 aliphatic heterocycles. The molecule has 0 spiro atoms. The van der Waals surface area contributed by atoms with Crippen LogP contribution >= 0.6 is 46.4 Å². The highest BCUT2D eigenvalue weighted by atomic mass is 35.6. The van der Waals surface area contributed by atoms with Crippen molar-refractivity contribution in [2.75, 3.05) is 13.1 Å². The molecule has 1 heterocycles. The molecule has 0 radical (unpaired) electrons. The lowest BCUT2D eigenvalue weighted by molar-refractivity contribution is -0.926. The van der Waals surface area contributed by atoms with Gasteiger partial charge in [-0.3, -0.25) is 10.1 Å². The summed E-state index contributed by atoms with van der Waals surface area (Å²) in [4.78, 5) is 13.6. The Morgan fingerprint density at radius 1 is 1.09 bits per heavy atom. The number of rotatable bonds is 3. The van der Waals surface area contributed by atoms with E-state index >= 15 is 0 Å². The van der Waals surface area contributed by atoms with Crippen LogP contribution in [-0.2, 0) is 0 Å². The molecule has 1 amide bonds. The highest BCUT2D eigenvalue weighted by Crippen LogP contribution is 2.28. The minimum Gasteiger partial charge on any atom is -0.312 e. The summed E-state index contributed by atoms with van der Waals surface area (Å²) in [6.45, 7) is 1.75. The summed E-state index contributed by atoms with van der Waals surface area (Å²) in [6, 6.07) is 6.85. The van der Waals surface area contributed by atoms with Crippen LogP contribution in [0.25, 0.3) is 0 Å². The second-order valence-corrected chi connectivity index (χ2v) is 8.28. The van der Waals surface area contributed by atoms with Crippen LogP contribution in [0.1, 0.15) is 36.0 Å². The van der Waals surface area contributed by atoms with E-state index in [1.54, 1.807) is 24.3 Å². The molecule has 7 heteroatoms. The van der Waals surface area contributed by atoms with Gasteiger partial charge in [-0.05, 0) is 37.8 Å². The molecule has 1 fully saturated rings. The standard InChI is InChI=1S/C15H18Cl4N2O/c16-12-8-4-3-7-11(12)13(22)20-14(15(17,18)19)21-9-5-1-2-6-10-21/h3-4,7-8,14H,1-2,5-6,9-10H2,(H,20,22)/p+1. The van der Waals surface area contributed by atoms with Gasteiger partial charge in [0.05, 0.1) is 23.7 Å². The molecule has 1 unspecified atom stereocenters. The highest BCUT2D eigenvalue weighted by molar-refractivity contribution is 6.68. The molecular weight excluding hydrogens is 366 g/mol. The van der Waals surface area contributed by atoms with Crippen molar-refractivity contribution in [1.29, 1.82) is 0 Å². The third-order valence-electron chi connectivity index (χ3n) is 3.88. The van der Waals surface area contributed by atoms with Gasteiger partial charge >= 0.3 is 0 Å². The molecule has 1 atom stereocenters. The average molecular weight is 385 g/mol. The van der Waals surface area contributed by atoms with Gasteiger partial charge in [0.2, 0.25) is 6.17 Å². The third-order valence-corrected chi connectivity index (χ3v) is 4.86. The Balaban J connectivity index is 2.16. The number of nitrogens with one attached hydrogen (secondary N) is 2. The average Bonchev–Trinajstić information content (AvgIpc) is 2.72. The topological polar surface area (TPSA) is 33.5 Å². The first-order chi connectivity index (χ1) is 10.4. The molecule has 22 heavy (non-hydrogen) atoms. The zero-order valence-corrected chi connectivity index (χ0v) is 15.1. The van der Waals surface area contributed by atoms with Gasteiger partial charge in [0.15, 0.2) is 0 Å². The first kappa shape index (κ1) is 18.2. The molecule has 2 N–H and O–H groups in total. The van der Waals surface area contributed by atoms with Crippen molar-refractivity contribution < 1.29 is 9.69 Å². The lowest BCUT2D eigenvalue weighted by Crippen LogP contribution is -3.19. The van der Waals surface area contributed by atoms with Crippen molar-refractivity contribution in [3.8, 4) is 0 Å². The van der Waals surface area contributed by atoms with Crippen molar-refractivity contribution in [1.82, 2.24) is 5.32 Å². The fourth-order valence-electron chi connectivity index (χ4n) is 2.74. The van der Waals surface area contributed by atoms with Crippen LogP contribution in [0.5, 0.6) is 0 Å². The fourth-order valence-corrected chi connectivity index (χ4v) is 3.59. The van der Waals surface area contributed by atoms with E-state index < -0.39 is 9.96 Å². The molecule has 3 nitrogen and oxygen atoms in total. The largest absolute Gasteiger partial charge is 0.312 e. The van der Waals surface area contributed by atoms with Crippen LogP contribution in [0.15, 0.2) is 24.3 Å². The Kier molecular flexibility index (Phi) is 6.66. The van der Waals surface area contributed by atoms with Crippen molar-refractivity contribution in [2.45, 2.75) is 35.6 Å². The number of carbonyl (C=O) groups excluding carboxylic acids is 1. The maximum Gasteiger partial charge on any atom is 0.262 e. The number of benzene rings is 1. The number of hydrogen-bond acceptors (Lipinski definition) is 1. The molecule has 0 bridgehead atoms. The molecular formula is C15H19Cl4N2O+. The second-order valence-electron chi connectivity index (χ2n) is 5.50. The second kappa shape index (κ2) is 8.07. The summed E-state index contributed by atoms with van der Waals surface area (Å²) in [6.07, 6.45) is 3.88. The quantitative estimate of drug-likeness (QED) is 0.770. The minimum absolute atomic E-state index is 0.321. The van der Waals surface area contributed by atoms with Crippen LogP contribution in [0.4, 0.5) is 0 Å². The van der Waals surface area contributed by atoms with Gasteiger partial charge < -0.3 is 4.90 Å². The van der Waals surface area contributed by atoms with E-state index in [0.717, 1.165) is 30.8 Å². The van der Waals surface area contributed by atoms with Gasteiger partial charge in [-0.2, -0.15) is 0 Å². The number of alkyl halides is 3. The smallest absolute Gasteiger partial charge is 0.262 e. The van der Waals surface area contributed by atoms with Crippen molar-refractivity contribution in [3.63, 3.8) is 0 Å². The predicted molar refractivity (Wildman–Crippen MR) is 92.2 cm³/mol. The van der Waals surface area contributed by atoms with Crippen molar-refractivity contribution in [2.24, 2.45) is 0 Å². The molecule has 1 aromatic rings. The van der Waals surface area contributed by atoms with Gasteiger partial charge in [0.1, 0.15) is 0 Å². The van der Waals surface area contributed by atoms with Crippen molar-refractivity contribution in [3.05, 3.63) is 34.9 Å². The molecule has 1 aliphatic rings. The van der Waals surface area contributed by atoms with E-state index in [1.165, 1.54) is 12.8 Å². The minimum atomic E-state index is -1.57. The van der Waals surface area contributed by atoms with Crippen LogP contribution in [0.2, 0.25) is 5.02 Å². The maximum atomic E-state index is 12.5. The number of likely N-dealkylation sites (tertiary alicyclic amines) is 1. The first-order valence-electron chi connectivity index (χ1n) is 7.36. The van der Waals surface area contributed by atoms with Gasteiger partial charge in [0, 0.05) is 0 Å². The molecule has 1 saturated heterocycles. The summed E-state index contributed by atoms with van der Waals surface area (Å²) in [5.41, 5.74) is 0.387. The molecule has 0 saturated carbocycles. The lowest BCUT2D eigenvalue weighted by Gasteiger charge is -2.32. The fraction of sp³-hybridized carbons (Fsp3) is 0.533. The Labute approximate surface area is 150 Å². The Hall–Kier alpha value is -0.190. The van der Waals surface area contributed by atoms with E-state index in [-0.39, 0.29) is 5.91 Å². The Bertz CT molecular complexity index is 511. The number of carbonyl (C=O) groups is 1. The predicted octanol–water partition coefficient (Wildman–Crippen LogP) is 3.23. The molecule has 0 aliphatic carbocycles. The van der Waals surface area contributed by atoms with Crippen LogP contribution in [-0.4, -0.2) is 29.0 Å². The molecule has 2 rings (SSSR count). The summed E-state index contributed by atoms with van der Waals surface area (Å²) in [5, 5.41) is 3.24. The van der Waals surface area contributed by atoms with E-state index in [4.69, 9.17) is 46.4 Å². The van der Waals surface area contributed by atoms with Crippen molar-refractivity contribution >= 4 is 52.3 Å². The van der Waals surface area contributed by atoms with Gasteiger partial charge in [0.25, 0.3) is 9.70 Å². The number of halogens is 4. The zero-order chi connectivity index (χ0) is 16.2. The van der Waals surface area contributed by atoms with Gasteiger partial charge in [-0.25, -0.2) is 0 Å². The molecule has 1 aromatic carbocycles. The van der Waals surface area contributed by atoms with Gasteiger partial charge in [-0.1, -0.05) is 58.5 Å². The summed E-state index contributed by atoms with van der Waals surface area (Å²) in [5.74, 6) is -0.321. The number of quaternary nitrogens is 1. The first-order valence-corrected chi connectivity index (χ1v) is 8.87. The summed E-state index contributed by atoms with van der Waals surface area (Å²) < 4.78 is -1.57. The molecule has 0 aromatic heterocycles. The summed E-state index contributed by atoms with van der Waals surface area (Å²) >= 11 is 24.4. The Morgan fingerprint density at radius 2 is 1.68 bits per heavy atom. The SMILES string of the molecule is O=C(NC([NH+]1CCCCCC1)C(Cl)(Cl)Cl)c1ccccc1Cl. The number of amides is 1. The number of hydrogen-bond donors (Lipinski definition) is 2. The van der Waals surface area contributed by atoms with Crippen LogP contribution in [0.3, 0.4) is 0 Å². The molecule has 122 valence electrons. The van der Waals surface area contributed by atoms with E-state index in [2.05, 4.69) is 5.32 Å². The van der Waals surface area contributed by atoms with E-state index in [9.17, 15) is 4.79 Å². The normalized spacial score (nSPS) is 18.5. The Morgan fingerprint density at radius 3 is 2.23 bits per heavy atom. The van der Waals surface area contributed by atoms with Gasteiger partial charge in [-0.15, -0.1) is 0 Å².